The highest BCUT2D eigenvalue weighted by molar-refractivity contribution is 5.92. The van der Waals surface area contributed by atoms with Crippen molar-refractivity contribution in [2.75, 3.05) is 37.4 Å². The van der Waals surface area contributed by atoms with Gasteiger partial charge >= 0.3 is 12.0 Å². The molecule has 0 spiro atoms. The molecule has 0 radical (unpaired) electrons. The van der Waals surface area contributed by atoms with Gasteiger partial charge in [-0.15, -0.1) is 0 Å². The molecule has 1 aromatic carbocycles. The van der Waals surface area contributed by atoms with Gasteiger partial charge in [-0.3, -0.25) is 4.79 Å². The lowest BCUT2D eigenvalue weighted by Gasteiger charge is -2.21. The summed E-state index contributed by atoms with van der Waals surface area (Å²) < 4.78 is 0. The van der Waals surface area contributed by atoms with Gasteiger partial charge in [-0.2, -0.15) is 0 Å². The van der Waals surface area contributed by atoms with Crippen molar-refractivity contribution in [3.8, 4) is 0 Å². The van der Waals surface area contributed by atoms with Crippen LogP contribution < -0.4 is 10.2 Å². The number of carboxylic acids is 1. The SMILES string of the molecule is CCN(CC(=O)O)C(=O)Nc1ccc(C)c(N(C)C)c1. The molecule has 1 rings (SSSR count). The molecule has 6 heteroatoms. The molecule has 0 bridgehead atoms. The Bertz CT molecular complexity index is 500. The Morgan fingerprint density at radius 3 is 2.45 bits per heavy atom. The van der Waals surface area contributed by atoms with Gasteiger partial charge in [-0.1, -0.05) is 6.07 Å². The number of nitrogens with one attached hydrogen (secondary N) is 1. The fourth-order valence-corrected chi connectivity index (χ4v) is 1.86. The number of carboxylic acid groups (broad SMARTS) is 1. The number of aryl methyl sites for hydroxylation is 1. The standard InChI is InChI=1S/C14H21N3O3/c1-5-17(9-13(18)19)14(20)15-11-7-6-10(2)12(8-11)16(3)4/h6-8H,5,9H2,1-4H3,(H,15,20)(H,18,19). The molecule has 1 aromatic rings. The van der Waals surface area contributed by atoms with Gasteiger partial charge in [0, 0.05) is 32.0 Å². The molecule has 0 unspecified atom stereocenters. The van der Waals surface area contributed by atoms with Crippen molar-refractivity contribution in [1.82, 2.24) is 4.90 Å². The molecule has 6 nitrogen and oxygen atoms in total. The molecule has 2 amide bonds. The summed E-state index contributed by atoms with van der Waals surface area (Å²) in [5.74, 6) is -1.03. The Labute approximate surface area is 119 Å². The number of carbonyl (C=O) groups is 2. The largest absolute Gasteiger partial charge is 0.480 e. The van der Waals surface area contributed by atoms with E-state index in [2.05, 4.69) is 5.32 Å². The van der Waals surface area contributed by atoms with Crippen LogP contribution in [-0.4, -0.2) is 49.2 Å². The molecule has 0 fully saturated rings. The summed E-state index contributed by atoms with van der Waals surface area (Å²) in [4.78, 5) is 25.9. The molecule has 0 aliphatic heterocycles. The third-order valence-electron chi connectivity index (χ3n) is 2.94. The molecule has 0 atom stereocenters. The van der Waals surface area contributed by atoms with Crippen molar-refractivity contribution in [1.29, 1.82) is 0 Å². The zero-order chi connectivity index (χ0) is 15.3. The summed E-state index contributed by atoms with van der Waals surface area (Å²) in [6, 6.07) is 5.17. The Hall–Kier alpha value is -2.24. The number of likely N-dealkylation sites (N-methyl/N-ethyl adjacent to an activating group) is 1. The Balaban J connectivity index is 2.84. The van der Waals surface area contributed by atoms with E-state index in [1.807, 2.05) is 38.1 Å². The van der Waals surface area contributed by atoms with Gasteiger partial charge in [0.1, 0.15) is 6.54 Å². The molecule has 0 aromatic heterocycles. The van der Waals surface area contributed by atoms with Crippen molar-refractivity contribution >= 4 is 23.4 Å². The van der Waals surface area contributed by atoms with Crippen LogP contribution in [0.3, 0.4) is 0 Å². The fraction of sp³-hybridized carbons (Fsp3) is 0.429. The predicted octanol–water partition coefficient (Wildman–Crippen LogP) is 2.00. The molecule has 2 N–H and O–H groups in total. The smallest absolute Gasteiger partial charge is 0.323 e. The van der Waals surface area contributed by atoms with Crippen molar-refractivity contribution in [3.05, 3.63) is 23.8 Å². The second-order valence-electron chi connectivity index (χ2n) is 4.73. The Kier molecular flexibility index (Phi) is 5.37. The third kappa shape index (κ3) is 4.15. The zero-order valence-electron chi connectivity index (χ0n) is 12.3. The van der Waals surface area contributed by atoms with Crippen molar-refractivity contribution in [3.63, 3.8) is 0 Å². The third-order valence-corrected chi connectivity index (χ3v) is 2.94. The van der Waals surface area contributed by atoms with Crippen LogP contribution in [0.4, 0.5) is 16.2 Å². The van der Waals surface area contributed by atoms with Gasteiger partial charge in [0.05, 0.1) is 0 Å². The second-order valence-corrected chi connectivity index (χ2v) is 4.73. The lowest BCUT2D eigenvalue weighted by molar-refractivity contribution is -0.137. The monoisotopic (exact) mass is 279 g/mol. The first-order valence-electron chi connectivity index (χ1n) is 6.40. The molecule has 20 heavy (non-hydrogen) atoms. The maximum Gasteiger partial charge on any atom is 0.323 e. The average molecular weight is 279 g/mol. The number of benzene rings is 1. The summed E-state index contributed by atoms with van der Waals surface area (Å²) in [7, 11) is 3.85. The molecular weight excluding hydrogens is 258 g/mol. The Morgan fingerprint density at radius 2 is 1.95 bits per heavy atom. The number of nitrogens with zero attached hydrogens (tertiary/aromatic N) is 2. The van der Waals surface area contributed by atoms with E-state index in [-0.39, 0.29) is 6.54 Å². The lowest BCUT2D eigenvalue weighted by atomic mass is 10.1. The van der Waals surface area contributed by atoms with E-state index in [1.165, 1.54) is 4.90 Å². The number of urea groups is 1. The molecule has 0 heterocycles. The van der Waals surface area contributed by atoms with E-state index >= 15 is 0 Å². The van der Waals surface area contributed by atoms with Gasteiger partial charge in [-0.25, -0.2) is 4.79 Å². The van der Waals surface area contributed by atoms with E-state index in [1.54, 1.807) is 13.0 Å². The summed E-state index contributed by atoms with van der Waals surface area (Å²) in [6.45, 7) is 3.76. The van der Waals surface area contributed by atoms with Crippen molar-refractivity contribution in [2.24, 2.45) is 0 Å². The summed E-state index contributed by atoms with van der Waals surface area (Å²) >= 11 is 0. The van der Waals surface area contributed by atoms with Crippen LogP contribution in [0, 0.1) is 6.92 Å². The van der Waals surface area contributed by atoms with Gasteiger partial charge in [0.2, 0.25) is 0 Å². The maximum atomic E-state index is 12.0. The first-order chi connectivity index (χ1) is 9.35. The quantitative estimate of drug-likeness (QED) is 0.864. The average Bonchev–Trinajstić information content (AvgIpc) is 2.37. The van der Waals surface area contributed by atoms with Crippen LogP contribution in [0.1, 0.15) is 12.5 Å². The summed E-state index contributed by atoms with van der Waals surface area (Å²) in [5.41, 5.74) is 2.75. The first kappa shape index (κ1) is 15.8. The number of amides is 2. The summed E-state index contributed by atoms with van der Waals surface area (Å²) in [6.07, 6.45) is 0. The minimum absolute atomic E-state index is 0.311. The molecular formula is C14H21N3O3. The van der Waals surface area contributed by atoms with Gasteiger partial charge in [0.15, 0.2) is 0 Å². The minimum atomic E-state index is -1.03. The number of hydrogen-bond acceptors (Lipinski definition) is 3. The highest BCUT2D eigenvalue weighted by Gasteiger charge is 2.15. The number of anilines is 2. The van der Waals surface area contributed by atoms with Crippen LogP contribution in [0.5, 0.6) is 0 Å². The highest BCUT2D eigenvalue weighted by Crippen LogP contribution is 2.22. The van der Waals surface area contributed by atoms with Crippen molar-refractivity contribution < 1.29 is 14.7 Å². The minimum Gasteiger partial charge on any atom is -0.480 e. The zero-order valence-corrected chi connectivity index (χ0v) is 12.3. The van der Waals surface area contributed by atoms with Crippen LogP contribution in [-0.2, 0) is 4.79 Å². The van der Waals surface area contributed by atoms with E-state index in [0.717, 1.165) is 11.3 Å². The second kappa shape index (κ2) is 6.79. The topological polar surface area (TPSA) is 72.9 Å². The van der Waals surface area contributed by atoms with Crippen LogP contribution >= 0.6 is 0 Å². The van der Waals surface area contributed by atoms with Gasteiger partial charge in [0.25, 0.3) is 0 Å². The molecule has 0 saturated carbocycles. The number of carbonyl (C=O) groups excluding carboxylic acids is 1. The molecule has 0 aliphatic rings. The van der Waals surface area contributed by atoms with Crippen LogP contribution in [0.25, 0.3) is 0 Å². The Morgan fingerprint density at radius 1 is 1.30 bits per heavy atom. The van der Waals surface area contributed by atoms with E-state index in [9.17, 15) is 9.59 Å². The highest BCUT2D eigenvalue weighted by atomic mass is 16.4. The van der Waals surface area contributed by atoms with E-state index in [4.69, 9.17) is 5.11 Å². The van der Waals surface area contributed by atoms with E-state index < -0.39 is 12.0 Å². The predicted molar refractivity (Wildman–Crippen MR) is 79.4 cm³/mol. The van der Waals surface area contributed by atoms with Gasteiger partial charge < -0.3 is 20.2 Å². The number of hydrogen-bond donors (Lipinski definition) is 2. The fourth-order valence-electron chi connectivity index (χ4n) is 1.86. The van der Waals surface area contributed by atoms with Crippen LogP contribution in [0.2, 0.25) is 0 Å². The number of rotatable bonds is 5. The normalized spacial score (nSPS) is 10.0. The summed E-state index contributed by atoms with van der Waals surface area (Å²) in [5, 5.41) is 11.5. The lowest BCUT2D eigenvalue weighted by Crippen LogP contribution is -2.38. The van der Waals surface area contributed by atoms with Gasteiger partial charge in [-0.05, 0) is 31.5 Å². The first-order valence-corrected chi connectivity index (χ1v) is 6.40. The molecule has 0 aliphatic carbocycles. The van der Waals surface area contributed by atoms with Crippen molar-refractivity contribution in [2.45, 2.75) is 13.8 Å². The van der Waals surface area contributed by atoms with Crippen LogP contribution in [0.15, 0.2) is 18.2 Å². The van der Waals surface area contributed by atoms with E-state index in [0.29, 0.717) is 12.2 Å². The number of aliphatic carboxylic acids is 1. The maximum absolute atomic E-state index is 12.0. The molecule has 0 saturated heterocycles. The molecule has 110 valence electrons.